The number of benzene rings is 1. The topological polar surface area (TPSA) is 117 Å². The van der Waals surface area contributed by atoms with Gasteiger partial charge in [-0.25, -0.2) is 0 Å². The van der Waals surface area contributed by atoms with Crippen LogP contribution in [0.5, 0.6) is 0 Å². The number of hydrogen-bond acceptors (Lipinski definition) is 7. The molecule has 1 N–H and O–H groups in total. The fourth-order valence-electron chi connectivity index (χ4n) is 7.52. The number of likely N-dealkylation sites (N-methyl/N-ethyl adjacent to an activating group) is 1. The fourth-order valence-corrected chi connectivity index (χ4v) is 8.46. The Bertz CT molecular complexity index is 1310. The maximum Gasteiger partial charge on any atom is 0.313 e. The van der Waals surface area contributed by atoms with Crippen molar-refractivity contribution in [2.45, 2.75) is 100 Å². The van der Waals surface area contributed by atoms with E-state index in [1.54, 1.807) is 29.0 Å². The van der Waals surface area contributed by atoms with Crippen LogP contribution < -0.4 is 0 Å². The van der Waals surface area contributed by atoms with Crippen molar-refractivity contribution in [2.24, 2.45) is 11.8 Å². The van der Waals surface area contributed by atoms with Gasteiger partial charge in [-0.1, -0.05) is 78.7 Å². The second kappa shape index (κ2) is 15.9. The molecule has 2 bridgehead atoms. The summed E-state index contributed by atoms with van der Waals surface area (Å²) in [6, 6.07) is 7.06. The van der Waals surface area contributed by atoms with Crippen LogP contribution in [0.25, 0.3) is 0 Å². The molecule has 3 aliphatic heterocycles. The molecule has 11 heteroatoms. The third kappa shape index (κ3) is 6.94. The van der Waals surface area contributed by atoms with E-state index >= 15 is 0 Å². The minimum atomic E-state index is -1.28. The van der Waals surface area contributed by atoms with E-state index in [0.29, 0.717) is 37.9 Å². The summed E-state index contributed by atoms with van der Waals surface area (Å²) in [4.78, 5) is 60.8. The number of rotatable bonds is 17. The van der Waals surface area contributed by atoms with E-state index in [-0.39, 0.29) is 35.6 Å². The highest BCUT2D eigenvalue weighted by Crippen LogP contribution is 2.61. The Morgan fingerprint density at radius 3 is 2.51 bits per heavy atom. The van der Waals surface area contributed by atoms with Crippen LogP contribution in [-0.2, 0) is 28.7 Å². The van der Waals surface area contributed by atoms with Crippen LogP contribution >= 0.6 is 15.9 Å². The van der Waals surface area contributed by atoms with Crippen LogP contribution in [0.3, 0.4) is 0 Å². The van der Waals surface area contributed by atoms with Gasteiger partial charge in [0.2, 0.25) is 17.7 Å². The van der Waals surface area contributed by atoms with Gasteiger partial charge in [-0.15, -0.1) is 13.2 Å². The lowest BCUT2D eigenvalue weighted by Gasteiger charge is -2.39. The molecular formula is C36H50BrN3O7. The Morgan fingerprint density at radius 2 is 1.91 bits per heavy atom. The molecule has 3 aliphatic rings. The van der Waals surface area contributed by atoms with E-state index < -0.39 is 53.7 Å². The number of allylic oxidation sites excluding steroid dienone is 1. The SMILES string of the molecule is C=CCCC(=O)N(C)[C@@H](C)[C@@H](OC(=O)[C@H]1[C@@H]2O[C@@]3(CC2Br)[C@@H]1C(=O)N([C@@H](CC)CO)[C@@H]3C(=O)N(CC=C)CCCC)c1ccccc1. The first-order valence-electron chi connectivity index (χ1n) is 16.8. The summed E-state index contributed by atoms with van der Waals surface area (Å²) in [6.45, 7) is 13.7. The molecule has 1 unspecified atom stereocenters. The van der Waals surface area contributed by atoms with E-state index in [4.69, 9.17) is 9.47 Å². The number of aliphatic hydroxyl groups excluding tert-OH is 1. The van der Waals surface area contributed by atoms with Crippen molar-refractivity contribution in [3.05, 3.63) is 61.2 Å². The summed E-state index contributed by atoms with van der Waals surface area (Å²) in [5, 5.41) is 10.4. The van der Waals surface area contributed by atoms with Crippen molar-refractivity contribution in [3.8, 4) is 0 Å². The molecule has 3 amide bonds. The maximum absolute atomic E-state index is 14.5. The van der Waals surface area contributed by atoms with Gasteiger partial charge in [0.25, 0.3) is 0 Å². The number of halogens is 1. The lowest BCUT2D eigenvalue weighted by atomic mass is 9.70. The van der Waals surface area contributed by atoms with E-state index in [0.717, 1.165) is 12.8 Å². The lowest BCUT2D eigenvalue weighted by Crippen LogP contribution is -2.59. The van der Waals surface area contributed by atoms with Gasteiger partial charge in [-0.2, -0.15) is 0 Å². The largest absolute Gasteiger partial charge is 0.455 e. The second-order valence-corrected chi connectivity index (χ2v) is 14.1. The Hall–Kier alpha value is -3.02. The third-order valence-electron chi connectivity index (χ3n) is 10.1. The van der Waals surface area contributed by atoms with Gasteiger partial charge in [-0.05, 0) is 38.2 Å². The first-order valence-corrected chi connectivity index (χ1v) is 17.7. The molecule has 1 aromatic carbocycles. The number of carbonyl (C=O) groups excluding carboxylic acids is 4. The van der Waals surface area contributed by atoms with Crippen molar-refractivity contribution < 1.29 is 33.8 Å². The highest BCUT2D eigenvalue weighted by molar-refractivity contribution is 9.09. The number of ether oxygens (including phenoxy) is 2. The highest BCUT2D eigenvalue weighted by atomic mass is 79.9. The minimum absolute atomic E-state index is 0.109. The molecular weight excluding hydrogens is 666 g/mol. The minimum Gasteiger partial charge on any atom is -0.455 e. The van der Waals surface area contributed by atoms with Crippen LogP contribution in [-0.4, -0.2) is 105 Å². The zero-order valence-electron chi connectivity index (χ0n) is 28.1. The number of unbranched alkanes of at least 4 members (excludes halogenated alkanes) is 1. The zero-order chi connectivity index (χ0) is 34.5. The second-order valence-electron chi connectivity index (χ2n) is 12.9. The van der Waals surface area contributed by atoms with Crippen molar-refractivity contribution in [1.29, 1.82) is 0 Å². The zero-order valence-corrected chi connectivity index (χ0v) is 29.6. The number of likely N-dealkylation sites (tertiary alicyclic amines) is 1. The summed E-state index contributed by atoms with van der Waals surface area (Å²) in [7, 11) is 1.69. The van der Waals surface area contributed by atoms with Gasteiger partial charge in [-0.3, -0.25) is 19.2 Å². The number of alkyl halides is 1. The number of nitrogens with zero attached hydrogens (tertiary/aromatic N) is 3. The monoisotopic (exact) mass is 715 g/mol. The van der Waals surface area contributed by atoms with Gasteiger partial charge in [0.05, 0.1) is 36.6 Å². The van der Waals surface area contributed by atoms with Gasteiger partial charge in [0.1, 0.15) is 17.7 Å². The van der Waals surface area contributed by atoms with Crippen molar-refractivity contribution >= 4 is 39.6 Å². The first-order chi connectivity index (χ1) is 22.5. The first kappa shape index (κ1) is 36.8. The molecule has 10 nitrogen and oxygen atoms in total. The number of hydrogen-bond donors (Lipinski definition) is 1. The number of fused-ring (bicyclic) bond motifs is 1. The van der Waals surface area contributed by atoms with Crippen molar-refractivity contribution in [1.82, 2.24) is 14.7 Å². The third-order valence-corrected chi connectivity index (χ3v) is 11.0. The Kier molecular flexibility index (Phi) is 12.5. The van der Waals surface area contributed by atoms with Gasteiger partial charge in [0.15, 0.2) is 0 Å². The molecule has 3 saturated heterocycles. The molecule has 258 valence electrons. The summed E-state index contributed by atoms with van der Waals surface area (Å²) >= 11 is 3.73. The van der Waals surface area contributed by atoms with Crippen LogP contribution in [0.15, 0.2) is 55.6 Å². The fraction of sp³-hybridized carbons (Fsp3) is 0.611. The summed E-state index contributed by atoms with van der Waals surface area (Å²) in [6.07, 6.45) is 5.04. The summed E-state index contributed by atoms with van der Waals surface area (Å²) in [5.74, 6) is -3.36. The molecule has 0 aromatic heterocycles. The number of esters is 1. The normalized spacial score (nSPS) is 27.9. The predicted octanol–water partition coefficient (Wildman–Crippen LogP) is 4.42. The molecule has 4 rings (SSSR count). The van der Waals surface area contributed by atoms with E-state index in [1.807, 2.05) is 51.1 Å². The average Bonchev–Trinajstić information content (AvgIpc) is 3.67. The maximum atomic E-state index is 14.5. The highest BCUT2D eigenvalue weighted by Gasteiger charge is 2.77. The van der Waals surface area contributed by atoms with Crippen molar-refractivity contribution in [2.75, 3.05) is 26.7 Å². The molecule has 3 heterocycles. The molecule has 1 aromatic rings. The number of amides is 3. The summed E-state index contributed by atoms with van der Waals surface area (Å²) < 4.78 is 13.0. The molecule has 3 fully saturated rings. The summed E-state index contributed by atoms with van der Waals surface area (Å²) in [5.41, 5.74) is -0.573. The lowest BCUT2D eigenvalue weighted by molar-refractivity contribution is -0.165. The number of carbonyl (C=O) groups is 4. The predicted molar refractivity (Wildman–Crippen MR) is 182 cm³/mol. The van der Waals surface area contributed by atoms with Crippen LogP contribution in [0.4, 0.5) is 0 Å². The molecule has 9 atom stereocenters. The molecule has 1 spiro atoms. The van der Waals surface area contributed by atoms with E-state index in [9.17, 15) is 24.3 Å². The van der Waals surface area contributed by atoms with E-state index in [1.165, 1.54) is 4.90 Å². The Balaban J connectivity index is 1.73. The quantitative estimate of drug-likeness (QED) is 0.144. The standard InChI is InChI=1S/C36H50BrN3O7/c1-7-11-18-27(42)38(6)23(5)30(24-16-14-13-15-17-24)46-35(45)28-29-33(43)40(25(10-4)22-41)32(36(29)21-26(37)31(28)47-36)34(44)39(19-9-3)20-12-8-2/h7,9,13-17,23,25-26,28-32,41H,1,3,8,10-12,18-22H2,2,4-6H3/t23-,25-,26?,28+,29-,30+,31+,32+,36-/m0/s1. The van der Waals surface area contributed by atoms with E-state index in [2.05, 4.69) is 29.1 Å². The molecule has 47 heavy (non-hydrogen) atoms. The molecule has 0 aliphatic carbocycles. The Labute approximate surface area is 287 Å². The van der Waals surface area contributed by atoms with Crippen LogP contribution in [0.1, 0.15) is 71.0 Å². The van der Waals surface area contributed by atoms with Gasteiger partial charge < -0.3 is 29.3 Å². The average molecular weight is 717 g/mol. The van der Waals surface area contributed by atoms with Crippen LogP contribution in [0.2, 0.25) is 0 Å². The molecule has 0 saturated carbocycles. The van der Waals surface area contributed by atoms with Gasteiger partial charge in [0, 0.05) is 31.4 Å². The number of aliphatic hydroxyl groups is 1. The molecule has 0 radical (unpaired) electrons. The Morgan fingerprint density at radius 1 is 1.21 bits per heavy atom. The van der Waals surface area contributed by atoms with Crippen molar-refractivity contribution in [3.63, 3.8) is 0 Å². The smallest absolute Gasteiger partial charge is 0.313 e. The van der Waals surface area contributed by atoms with Gasteiger partial charge >= 0.3 is 5.97 Å². The van der Waals surface area contributed by atoms with Crippen LogP contribution in [0, 0.1) is 11.8 Å².